The van der Waals surface area contributed by atoms with E-state index in [4.69, 9.17) is 5.73 Å². The van der Waals surface area contributed by atoms with Gasteiger partial charge in [0.2, 0.25) is 5.91 Å². The number of likely N-dealkylation sites (tertiary alicyclic amines) is 1. The summed E-state index contributed by atoms with van der Waals surface area (Å²) in [5.74, 6) is -0.0241. The summed E-state index contributed by atoms with van der Waals surface area (Å²) in [6.07, 6.45) is 8.82. The maximum Gasteiger partial charge on any atom is 0.315 e. The number of rotatable bonds is 4. The number of nitrogens with one attached hydrogen (secondary N) is 2. The van der Waals surface area contributed by atoms with Gasteiger partial charge >= 0.3 is 6.03 Å². The second-order valence-electron chi connectivity index (χ2n) is 6.13. The zero-order valence-corrected chi connectivity index (χ0v) is 14.0. The summed E-state index contributed by atoms with van der Waals surface area (Å²) in [6, 6.07) is 0.173. The van der Waals surface area contributed by atoms with Crippen LogP contribution in [-0.2, 0) is 4.79 Å². The van der Waals surface area contributed by atoms with Crippen LogP contribution in [-0.4, -0.2) is 48.6 Å². The van der Waals surface area contributed by atoms with Crippen LogP contribution in [0.5, 0.6) is 0 Å². The lowest BCUT2D eigenvalue weighted by Crippen LogP contribution is -2.52. The summed E-state index contributed by atoms with van der Waals surface area (Å²) >= 11 is 0. The second kappa shape index (κ2) is 9.90. The normalized spacial score (nSPS) is 22.6. The third kappa shape index (κ3) is 5.65. The number of hydrogen-bond acceptors (Lipinski definition) is 3. The summed E-state index contributed by atoms with van der Waals surface area (Å²) in [5.41, 5.74) is 5.72. The Balaban J connectivity index is 0.00000242. The Morgan fingerprint density at radius 2 is 1.73 bits per heavy atom. The monoisotopic (exact) mass is 332 g/mol. The van der Waals surface area contributed by atoms with E-state index in [1.54, 1.807) is 0 Å². The van der Waals surface area contributed by atoms with E-state index in [1.165, 1.54) is 19.3 Å². The summed E-state index contributed by atoms with van der Waals surface area (Å²) in [4.78, 5) is 25.8. The SMILES string of the molecule is Cl.NCC1CCCCN1C(=O)CNC(=O)NC1CCCCC1. The Bertz CT molecular complexity index is 361. The standard InChI is InChI=1S/C15H28N4O2.ClH/c16-10-13-8-4-5-9-19(13)14(20)11-17-15(21)18-12-6-2-1-3-7-12;/h12-13H,1-11,16H2,(H2,17,18,21);1H. The fraction of sp³-hybridized carbons (Fsp3) is 0.867. The highest BCUT2D eigenvalue weighted by atomic mass is 35.5. The van der Waals surface area contributed by atoms with E-state index < -0.39 is 0 Å². The number of urea groups is 1. The Labute approximate surface area is 139 Å². The summed E-state index contributed by atoms with van der Waals surface area (Å²) in [5, 5.41) is 5.65. The van der Waals surface area contributed by atoms with Crippen molar-refractivity contribution < 1.29 is 9.59 Å². The summed E-state index contributed by atoms with van der Waals surface area (Å²) in [6.45, 7) is 1.32. The molecule has 2 aliphatic rings. The third-order valence-electron chi connectivity index (χ3n) is 4.56. The average molecular weight is 333 g/mol. The fourth-order valence-electron chi connectivity index (χ4n) is 3.31. The molecular weight excluding hydrogens is 304 g/mol. The predicted molar refractivity (Wildman–Crippen MR) is 89.1 cm³/mol. The number of nitrogens with two attached hydrogens (primary N) is 1. The lowest BCUT2D eigenvalue weighted by molar-refractivity contribution is -0.133. The van der Waals surface area contributed by atoms with Gasteiger partial charge in [-0.15, -0.1) is 12.4 Å². The van der Waals surface area contributed by atoms with Crippen LogP contribution in [0.1, 0.15) is 51.4 Å². The van der Waals surface area contributed by atoms with Gasteiger partial charge in [0.25, 0.3) is 0 Å². The van der Waals surface area contributed by atoms with Gasteiger partial charge in [-0.2, -0.15) is 0 Å². The van der Waals surface area contributed by atoms with E-state index in [1.807, 2.05) is 4.90 Å². The molecule has 128 valence electrons. The van der Waals surface area contributed by atoms with Gasteiger partial charge in [0.15, 0.2) is 0 Å². The van der Waals surface area contributed by atoms with Crippen molar-refractivity contribution in [3.8, 4) is 0 Å². The molecule has 0 spiro atoms. The smallest absolute Gasteiger partial charge is 0.315 e. The quantitative estimate of drug-likeness (QED) is 0.726. The first-order valence-corrected chi connectivity index (χ1v) is 8.24. The molecule has 1 aliphatic heterocycles. The molecule has 4 N–H and O–H groups in total. The molecule has 1 heterocycles. The van der Waals surface area contributed by atoms with E-state index >= 15 is 0 Å². The first-order valence-electron chi connectivity index (χ1n) is 8.24. The Morgan fingerprint density at radius 3 is 2.41 bits per heavy atom. The molecule has 0 aromatic heterocycles. The van der Waals surface area contributed by atoms with Crippen LogP contribution in [0.25, 0.3) is 0 Å². The van der Waals surface area contributed by atoms with Crippen molar-refractivity contribution in [1.82, 2.24) is 15.5 Å². The van der Waals surface area contributed by atoms with Crippen LogP contribution in [0.4, 0.5) is 4.79 Å². The number of halogens is 1. The van der Waals surface area contributed by atoms with Gasteiger partial charge in [0.1, 0.15) is 0 Å². The predicted octanol–water partition coefficient (Wildman–Crippen LogP) is 1.38. The Hall–Kier alpha value is -1.01. The largest absolute Gasteiger partial charge is 0.337 e. The molecule has 0 aromatic carbocycles. The zero-order chi connectivity index (χ0) is 15.1. The zero-order valence-electron chi connectivity index (χ0n) is 13.2. The van der Waals surface area contributed by atoms with E-state index in [-0.39, 0.29) is 43.0 Å². The minimum absolute atomic E-state index is 0. The van der Waals surface area contributed by atoms with Crippen molar-refractivity contribution in [2.24, 2.45) is 5.73 Å². The molecule has 1 saturated heterocycles. The topological polar surface area (TPSA) is 87.5 Å². The third-order valence-corrected chi connectivity index (χ3v) is 4.56. The number of hydrogen-bond donors (Lipinski definition) is 3. The molecule has 2 rings (SSSR count). The van der Waals surface area contributed by atoms with Gasteiger partial charge < -0.3 is 21.3 Å². The van der Waals surface area contributed by atoms with Crippen LogP contribution >= 0.6 is 12.4 Å². The highest BCUT2D eigenvalue weighted by Crippen LogP contribution is 2.17. The highest BCUT2D eigenvalue weighted by molar-refractivity contribution is 5.85. The van der Waals surface area contributed by atoms with Gasteiger partial charge in [-0.1, -0.05) is 19.3 Å². The Morgan fingerprint density at radius 1 is 1.05 bits per heavy atom. The van der Waals surface area contributed by atoms with Gasteiger partial charge in [-0.05, 0) is 32.1 Å². The summed E-state index contributed by atoms with van der Waals surface area (Å²) < 4.78 is 0. The molecular formula is C15H29ClN4O2. The average Bonchev–Trinajstić information content (AvgIpc) is 2.53. The molecule has 0 aromatic rings. The fourth-order valence-corrected chi connectivity index (χ4v) is 3.31. The molecule has 3 amide bonds. The number of carbonyl (C=O) groups excluding carboxylic acids is 2. The molecule has 6 nitrogen and oxygen atoms in total. The lowest BCUT2D eigenvalue weighted by Gasteiger charge is -2.35. The van der Waals surface area contributed by atoms with Crippen LogP contribution in [0, 0.1) is 0 Å². The number of amides is 3. The number of piperidine rings is 1. The minimum Gasteiger partial charge on any atom is -0.337 e. The maximum atomic E-state index is 12.2. The number of nitrogens with zero attached hydrogens (tertiary/aromatic N) is 1. The molecule has 22 heavy (non-hydrogen) atoms. The second-order valence-corrected chi connectivity index (χ2v) is 6.13. The molecule has 1 atom stereocenters. The first kappa shape index (κ1) is 19.0. The maximum absolute atomic E-state index is 12.2. The Kier molecular flexibility index (Phi) is 8.56. The van der Waals surface area contributed by atoms with Gasteiger partial charge in [-0.3, -0.25) is 4.79 Å². The first-order chi connectivity index (χ1) is 10.2. The van der Waals surface area contributed by atoms with Crippen molar-refractivity contribution in [3.05, 3.63) is 0 Å². The molecule has 1 unspecified atom stereocenters. The number of carbonyl (C=O) groups is 2. The molecule has 2 fully saturated rings. The van der Waals surface area contributed by atoms with Gasteiger partial charge in [0, 0.05) is 25.2 Å². The minimum atomic E-state index is -0.225. The van der Waals surface area contributed by atoms with Crippen molar-refractivity contribution in [2.45, 2.75) is 63.5 Å². The molecule has 0 radical (unpaired) electrons. The van der Waals surface area contributed by atoms with E-state index in [9.17, 15) is 9.59 Å². The van der Waals surface area contributed by atoms with Crippen molar-refractivity contribution in [1.29, 1.82) is 0 Å². The van der Waals surface area contributed by atoms with Gasteiger partial charge in [-0.25, -0.2) is 4.79 Å². The van der Waals surface area contributed by atoms with Crippen molar-refractivity contribution in [3.63, 3.8) is 0 Å². The molecule has 0 bridgehead atoms. The van der Waals surface area contributed by atoms with E-state index in [2.05, 4.69) is 10.6 Å². The van der Waals surface area contributed by atoms with Gasteiger partial charge in [0.05, 0.1) is 6.54 Å². The van der Waals surface area contributed by atoms with Crippen LogP contribution in [0.3, 0.4) is 0 Å². The van der Waals surface area contributed by atoms with E-state index in [0.717, 1.165) is 38.6 Å². The van der Waals surface area contributed by atoms with Crippen LogP contribution < -0.4 is 16.4 Å². The van der Waals surface area contributed by atoms with Crippen LogP contribution in [0.15, 0.2) is 0 Å². The van der Waals surface area contributed by atoms with Crippen LogP contribution in [0.2, 0.25) is 0 Å². The van der Waals surface area contributed by atoms with Crippen molar-refractivity contribution in [2.75, 3.05) is 19.6 Å². The van der Waals surface area contributed by atoms with E-state index in [0.29, 0.717) is 6.54 Å². The molecule has 1 aliphatic carbocycles. The van der Waals surface area contributed by atoms with Crippen molar-refractivity contribution >= 4 is 24.3 Å². The molecule has 7 heteroatoms. The highest BCUT2D eigenvalue weighted by Gasteiger charge is 2.25. The molecule has 1 saturated carbocycles. The lowest BCUT2D eigenvalue weighted by atomic mass is 9.96. The summed E-state index contributed by atoms with van der Waals surface area (Å²) in [7, 11) is 0.